The Hall–Kier alpha value is 0.636. The van der Waals surface area contributed by atoms with Crippen molar-refractivity contribution in [1.29, 1.82) is 0 Å². The predicted octanol–water partition coefficient (Wildman–Crippen LogP) is 0.450. The van der Waals surface area contributed by atoms with Gasteiger partial charge in [0.1, 0.15) is 0 Å². The van der Waals surface area contributed by atoms with E-state index in [1.807, 2.05) is 6.92 Å². The molecule has 0 spiro atoms. The van der Waals surface area contributed by atoms with Crippen LogP contribution < -0.4 is 0 Å². The van der Waals surface area contributed by atoms with Crippen molar-refractivity contribution < 1.29 is 20.0 Å². The minimum atomic E-state index is -4.20. The van der Waals surface area contributed by atoms with Gasteiger partial charge in [0.05, 0.1) is 6.61 Å². The molecule has 0 bridgehead atoms. The maximum Gasteiger partial charge on any atom is 2.00 e. The third-order valence-corrected chi connectivity index (χ3v) is 1.19. The molecule has 0 saturated heterocycles. The molecule has 0 amide bonds. The van der Waals surface area contributed by atoms with Crippen LogP contribution in [0.3, 0.4) is 0 Å². The van der Waals surface area contributed by atoms with E-state index in [9.17, 15) is 8.42 Å². The Morgan fingerprint density at radius 3 is 2.40 bits per heavy atom. The summed E-state index contributed by atoms with van der Waals surface area (Å²) in [7, 11) is -4.20. The van der Waals surface area contributed by atoms with Crippen molar-refractivity contribution in [2.24, 2.45) is 0 Å². The molecular weight excluding hydrogens is 168 g/mol. The first-order valence-corrected chi connectivity index (χ1v) is 4.04. The summed E-state index contributed by atoms with van der Waals surface area (Å²) in [6, 6.07) is 0. The molecule has 0 aromatic rings. The fraction of sp³-hybridized carbons (Fsp3) is 1.00. The Morgan fingerprint density at radius 1 is 1.60 bits per heavy atom. The molecule has 0 atom stereocenters. The van der Waals surface area contributed by atoms with Gasteiger partial charge in [-0.15, -0.1) is 0 Å². The molecule has 0 radical (unpaired) electrons. The quantitative estimate of drug-likeness (QED) is 0.388. The molecule has 0 aliphatic carbocycles. The van der Waals surface area contributed by atoms with Gasteiger partial charge in [-0.1, -0.05) is 13.3 Å². The second kappa shape index (κ2) is 6.35. The van der Waals surface area contributed by atoms with Gasteiger partial charge in [0.2, 0.25) is 0 Å². The van der Waals surface area contributed by atoms with Crippen molar-refractivity contribution >= 4 is 33.5 Å². The first-order valence-electron chi connectivity index (χ1n) is 2.68. The van der Waals surface area contributed by atoms with E-state index in [-0.39, 0.29) is 32.5 Å². The minimum absolute atomic E-state index is 0. The molecule has 1 N–H and O–H groups in total. The molecule has 0 saturated carbocycles. The van der Waals surface area contributed by atoms with Crippen LogP contribution in [0, 0.1) is 0 Å². The van der Waals surface area contributed by atoms with E-state index in [4.69, 9.17) is 4.55 Å². The summed E-state index contributed by atoms with van der Waals surface area (Å²) in [5.41, 5.74) is 0. The Bertz CT molecular complexity index is 160. The first-order chi connectivity index (χ1) is 4.06. The largest absolute Gasteiger partial charge is 2.00 e. The average Bonchev–Trinajstić information content (AvgIpc) is 1.63. The summed E-state index contributed by atoms with van der Waals surface area (Å²) < 4.78 is 31.7. The zero-order chi connectivity index (χ0) is 7.33. The van der Waals surface area contributed by atoms with E-state index in [2.05, 4.69) is 4.18 Å². The van der Waals surface area contributed by atoms with E-state index < -0.39 is 10.4 Å². The third-order valence-electron chi connectivity index (χ3n) is 0.730. The van der Waals surface area contributed by atoms with Crippen LogP contribution in [0.2, 0.25) is 0 Å². The molecule has 0 aliphatic heterocycles. The van der Waals surface area contributed by atoms with Gasteiger partial charge in [-0.2, -0.15) is 8.42 Å². The summed E-state index contributed by atoms with van der Waals surface area (Å²) in [5, 5.41) is 0. The van der Waals surface area contributed by atoms with Crippen molar-refractivity contribution in [3.8, 4) is 0 Å². The average molecular weight is 181 g/mol. The Kier molecular flexibility index (Phi) is 8.41. The molecular formula is C4H12MgO4S. The smallest absolute Gasteiger partial charge is 1.00 e. The van der Waals surface area contributed by atoms with Crippen molar-refractivity contribution in [1.82, 2.24) is 0 Å². The molecule has 0 aromatic carbocycles. The molecule has 4 nitrogen and oxygen atoms in total. The second-order valence-corrected chi connectivity index (χ2v) is 2.69. The number of hydrogen-bond donors (Lipinski definition) is 1. The Morgan fingerprint density at radius 2 is 2.10 bits per heavy atom. The van der Waals surface area contributed by atoms with Crippen LogP contribution in [0.5, 0.6) is 0 Å². The van der Waals surface area contributed by atoms with E-state index in [1.54, 1.807) is 0 Å². The van der Waals surface area contributed by atoms with Crippen molar-refractivity contribution in [2.45, 2.75) is 19.8 Å². The summed E-state index contributed by atoms with van der Waals surface area (Å²) >= 11 is 0. The van der Waals surface area contributed by atoms with Crippen molar-refractivity contribution in [3.63, 3.8) is 0 Å². The fourth-order valence-corrected chi connectivity index (χ4v) is 0.637. The van der Waals surface area contributed by atoms with Gasteiger partial charge >= 0.3 is 33.5 Å². The maximum atomic E-state index is 9.84. The van der Waals surface area contributed by atoms with E-state index >= 15 is 0 Å². The Labute approximate surface area is 80.0 Å². The third kappa shape index (κ3) is 11.4. The number of unbranched alkanes of at least 4 members (excludes halogenated alkanes) is 1. The zero-order valence-electron chi connectivity index (χ0n) is 7.91. The van der Waals surface area contributed by atoms with Gasteiger partial charge < -0.3 is 2.85 Å². The first kappa shape index (κ1) is 13.2. The van der Waals surface area contributed by atoms with Crippen LogP contribution in [0.25, 0.3) is 0 Å². The van der Waals surface area contributed by atoms with Crippen LogP contribution >= 0.6 is 0 Å². The minimum Gasteiger partial charge on any atom is -1.00 e. The van der Waals surface area contributed by atoms with Gasteiger partial charge in [-0.3, -0.25) is 4.55 Å². The monoisotopic (exact) mass is 180 g/mol. The van der Waals surface area contributed by atoms with Crippen molar-refractivity contribution in [3.05, 3.63) is 0 Å². The van der Waals surface area contributed by atoms with Crippen LogP contribution in [0.4, 0.5) is 0 Å². The fourth-order valence-electron chi connectivity index (χ4n) is 0.309. The van der Waals surface area contributed by atoms with Gasteiger partial charge in [0, 0.05) is 0 Å². The van der Waals surface area contributed by atoms with Gasteiger partial charge in [0.15, 0.2) is 0 Å². The van der Waals surface area contributed by atoms with Crippen LogP contribution in [-0.2, 0) is 14.6 Å². The molecule has 60 valence electrons. The molecule has 0 rings (SSSR count). The summed E-state index contributed by atoms with van der Waals surface area (Å²) in [6.45, 7) is 1.96. The summed E-state index contributed by atoms with van der Waals surface area (Å²) in [6.07, 6.45) is 1.48. The standard InChI is InChI=1S/C4H10O4S.Mg.2H/c1-2-3-4-8-9(5,6)7;;;/h2-4H2,1H3,(H,5,6,7);;;/q;+2;2*-1. The normalized spacial score (nSPS) is 10.6. The molecule has 0 aromatic heterocycles. The van der Waals surface area contributed by atoms with E-state index in [1.165, 1.54) is 0 Å². The van der Waals surface area contributed by atoms with Crippen LogP contribution in [0.1, 0.15) is 22.6 Å². The zero-order valence-corrected chi connectivity index (χ0v) is 8.14. The molecule has 0 fully saturated rings. The second-order valence-electron chi connectivity index (χ2n) is 1.60. The van der Waals surface area contributed by atoms with Crippen molar-refractivity contribution in [2.75, 3.05) is 6.61 Å². The topological polar surface area (TPSA) is 63.6 Å². The van der Waals surface area contributed by atoms with E-state index in [0.29, 0.717) is 6.42 Å². The van der Waals surface area contributed by atoms with Gasteiger partial charge in [0.25, 0.3) is 0 Å². The van der Waals surface area contributed by atoms with Gasteiger partial charge in [-0.05, 0) is 6.42 Å². The van der Waals surface area contributed by atoms with Crippen LogP contribution in [0.15, 0.2) is 0 Å². The number of hydrogen-bond acceptors (Lipinski definition) is 3. The van der Waals surface area contributed by atoms with Gasteiger partial charge in [-0.25, -0.2) is 4.18 Å². The summed E-state index contributed by atoms with van der Waals surface area (Å²) in [4.78, 5) is 0. The molecule has 6 heteroatoms. The maximum absolute atomic E-state index is 9.84. The van der Waals surface area contributed by atoms with Crippen LogP contribution in [-0.4, -0.2) is 42.6 Å². The Balaban J connectivity index is -0.000000107. The molecule has 10 heavy (non-hydrogen) atoms. The SMILES string of the molecule is CCCCOS(=O)(=O)O.[H-].[H-].[Mg+2]. The molecule has 0 unspecified atom stereocenters. The predicted molar refractivity (Wildman–Crippen MR) is 40.4 cm³/mol. The number of rotatable bonds is 4. The summed E-state index contributed by atoms with van der Waals surface area (Å²) in [5.74, 6) is 0. The molecule has 0 aliphatic rings. The molecule has 0 heterocycles. The van der Waals surface area contributed by atoms with E-state index in [0.717, 1.165) is 6.42 Å².